The molecule has 28 heavy (non-hydrogen) atoms. The minimum Gasteiger partial charge on any atom is -0.480 e. The van der Waals surface area contributed by atoms with E-state index in [4.69, 9.17) is 9.84 Å². The predicted octanol–water partition coefficient (Wildman–Crippen LogP) is 1.77. The van der Waals surface area contributed by atoms with Crippen molar-refractivity contribution in [1.29, 1.82) is 0 Å². The number of hydrogen-bond donors (Lipinski definition) is 1. The lowest BCUT2D eigenvalue weighted by Gasteiger charge is -2.28. The van der Waals surface area contributed by atoms with Gasteiger partial charge in [-0.05, 0) is 37.1 Å². The zero-order valence-electron chi connectivity index (χ0n) is 15.2. The van der Waals surface area contributed by atoms with Crippen molar-refractivity contribution in [2.75, 3.05) is 29.6 Å². The Bertz CT molecular complexity index is 939. The van der Waals surface area contributed by atoms with Gasteiger partial charge >= 0.3 is 5.97 Å². The average molecular weight is 491 g/mol. The van der Waals surface area contributed by atoms with Crippen molar-refractivity contribution >= 4 is 60.3 Å². The van der Waals surface area contributed by atoms with E-state index in [0.29, 0.717) is 5.17 Å². The van der Waals surface area contributed by atoms with Gasteiger partial charge in [-0.2, -0.15) is 4.99 Å². The number of anilines is 1. The number of ether oxygens (including phenoxy) is 1. The number of carbonyl (C=O) groups excluding carboxylic acids is 1. The maximum Gasteiger partial charge on any atom is 0.329 e. The number of rotatable bonds is 5. The molecule has 2 aliphatic heterocycles. The number of fused-ring (bicyclic) bond motifs is 1. The van der Waals surface area contributed by atoms with Crippen molar-refractivity contribution in [3.05, 3.63) is 27.7 Å². The first-order valence-corrected chi connectivity index (χ1v) is 11.9. The van der Waals surface area contributed by atoms with Crippen molar-refractivity contribution < 1.29 is 27.9 Å². The minimum absolute atomic E-state index is 0.00232. The van der Waals surface area contributed by atoms with E-state index in [1.54, 1.807) is 0 Å². The predicted molar refractivity (Wildman–Crippen MR) is 111 cm³/mol. The summed E-state index contributed by atoms with van der Waals surface area (Å²) >= 11 is 4.73. The maximum atomic E-state index is 12.2. The molecule has 8 nitrogen and oxygen atoms in total. The fourth-order valence-electron chi connectivity index (χ4n) is 3.47. The molecule has 1 aromatic rings. The number of carboxylic acid groups (broad SMARTS) is 1. The number of aliphatic imine (C=N–C) groups is 1. The molecular weight excluding hydrogens is 472 g/mol. The summed E-state index contributed by atoms with van der Waals surface area (Å²) in [5.74, 6) is -1.74. The standard InChI is InChI=1S/C17H19BrN2O6S2/c1-9-3-11(18)4-10(2)16(9)20-12-7-28(24,25)8-13(12)27-17(20)19-14(21)5-26-6-15(22)23/h3-4,12-13H,5-8H2,1-2H3,(H,22,23)/t12-,13-/m0/s1. The minimum atomic E-state index is -3.16. The molecule has 1 aromatic carbocycles. The molecule has 2 saturated heterocycles. The first-order valence-electron chi connectivity index (χ1n) is 8.41. The van der Waals surface area contributed by atoms with E-state index in [2.05, 4.69) is 20.9 Å². The van der Waals surface area contributed by atoms with Gasteiger partial charge in [0.25, 0.3) is 5.91 Å². The zero-order chi connectivity index (χ0) is 20.6. The molecule has 1 amide bonds. The van der Waals surface area contributed by atoms with Crippen molar-refractivity contribution in [2.45, 2.75) is 25.1 Å². The highest BCUT2D eigenvalue weighted by atomic mass is 79.9. The fourth-order valence-corrected chi connectivity index (χ4v) is 8.08. The molecule has 0 bridgehead atoms. The fraction of sp³-hybridized carbons (Fsp3) is 0.471. The topological polar surface area (TPSA) is 113 Å². The molecule has 0 aliphatic carbocycles. The molecule has 3 rings (SSSR count). The van der Waals surface area contributed by atoms with Gasteiger partial charge in [-0.15, -0.1) is 0 Å². The molecule has 2 fully saturated rings. The van der Waals surface area contributed by atoms with Gasteiger partial charge in [-0.1, -0.05) is 27.7 Å². The molecule has 0 aromatic heterocycles. The van der Waals surface area contributed by atoms with Crippen LogP contribution in [0.1, 0.15) is 11.1 Å². The number of halogens is 1. The van der Waals surface area contributed by atoms with Crippen LogP contribution < -0.4 is 4.90 Å². The Balaban J connectivity index is 1.95. The van der Waals surface area contributed by atoms with Gasteiger partial charge in [0.2, 0.25) is 0 Å². The largest absolute Gasteiger partial charge is 0.480 e. The van der Waals surface area contributed by atoms with Gasteiger partial charge in [0.15, 0.2) is 15.0 Å². The van der Waals surface area contributed by atoms with E-state index in [0.717, 1.165) is 21.3 Å². The van der Waals surface area contributed by atoms with Crippen LogP contribution in [0.15, 0.2) is 21.6 Å². The quantitative estimate of drug-likeness (QED) is 0.663. The monoisotopic (exact) mass is 490 g/mol. The van der Waals surface area contributed by atoms with Crippen molar-refractivity contribution in [3.63, 3.8) is 0 Å². The highest BCUT2D eigenvalue weighted by molar-refractivity contribution is 9.10. The number of carboxylic acids is 1. The summed E-state index contributed by atoms with van der Waals surface area (Å²) in [5.41, 5.74) is 2.69. The number of amides is 1. The van der Waals surface area contributed by atoms with Crippen LogP contribution in [0.3, 0.4) is 0 Å². The Morgan fingerprint density at radius 2 is 1.93 bits per heavy atom. The summed E-state index contributed by atoms with van der Waals surface area (Å²) in [6.45, 7) is 2.81. The lowest BCUT2D eigenvalue weighted by atomic mass is 10.1. The summed E-state index contributed by atoms with van der Waals surface area (Å²) in [7, 11) is -3.16. The molecule has 2 atom stereocenters. The molecule has 0 unspecified atom stereocenters. The van der Waals surface area contributed by atoms with Crippen LogP contribution in [-0.4, -0.2) is 66.6 Å². The van der Waals surface area contributed by atoms with E-state index >= 15 is 0 Å². The zero-order valence-corrected chi connectivity index (χ0v) is 18.4. The maximum absolute atomic E-state index is 12.2. The molecule has 2 heterocycles. The number of sulfone groups is 1. The van der Waals surface area contributed by atoms with Crippen LogP contribution in [0, 0.1) is 13.8 Å². The Labute approximate surface area is 175 Å². The molecule has 0 spiro atoms. The summed E-state index contributed by atoms with van der Waals surface area (Å²) in [4.78, 5) is 28.6. The van der Waals surface area contributed by atoms with E-state index < -0.39 is 34.9 Å². The summed E-state index contributed by atoms with van der Waals surface area (Å²) in [5, 5.41) is 8.81. The van der Waals surface area contributed by atoms with Crippen molar-refractivity contribution in [3.8, 4) is 0 Å². The van der Waals surface area contributed by atoms with Crippen LogP contribution in [0.4, 0.5) is 5.69 Å². The SMILES string of the molecule is Cc1cc(Br)cc(C)c1N1C(=NC(=O)COCC(=O)O)S[C@H]2CS(=O)(=O)C[C@@H]21. The van der Waals surface area contributed by atoms with Crippen molar-refractivity contribution in [1.82, 2.24) is 0 Å². The van der Waals surface area contributed by atoms with Crippen LogP contribution in [0.5, 0.6) is 0 Å². The number of aryl methyl sites for hydroxylation is 2. The average Bonchev–Trinajstić information content (AvgIpc) is 2.98. The Hall–Kier alpha value is -1.43. The lowest BCUT2D eigenvalue weighted by molar-refractivity contribution is -0.143. The number of nitrogens with zero attached hydrogens (tertiary/aromatic N) is 2. The van der Waals surface area contributed by atoms with E-state index in [1.165, 1.54) is 11.8 Å². The van der Waals surface area contributed by atoms with E-state index in [9.17, 15) is 18.0 Å². The molecule has 0 saturated carbocycles. The number of carbonyl (C=O) groups is 2. The smallest absolute Gasteiger partial charge is 0.329 e. The summed E-state index contributed by atoms with van der Waals surface area (Å²) in [6.07, 6.45) is 0. The third-order valence-corrected chi connectivity index (χ3v) is 8.10. The van der Waals surface area contributed by atoms with Gasteiger partial charge in [-0.25, -0.2) is 13.2 Å². The van der Waals surface area contributed by atoms with Crippen molar-refractivity contribution in [2.24, 2.45) is 4.99 Å². The van der Waals surface area contributed by atoms with Crippen LogP contribution in [0.2, 0.25) is 0 Å². The molecular formula is C17H19BrN2O6S2. The van der Waals surface area contributed by atoms with Crippen LogP contribution >= 0.6 is 27.7 Å². The number of amidine groups is 1. The molecule has 11 heteroatoms. The second kappa shape index (κ2) is 8.13. The van der Waals surface area contributed by atoms with Gasteiger partial charge in [0.1, 0.15) is 13.2 Å². The van der Waals surface area contributed by atoms with E-state index in [-0.39, 0.29) is 22.8 Å². The highest BCUT2D eigenvalue weighted by Crippen LogP contribution is 2.43. The van der Waals surface area contributed by atoms with Gasteiger partial charge in [0, 0.05) is 15.4 Å². The first kappa shape index (κ1) is 21.3. The van der Waals surface area contributed by atoms with Gasteiger partial charge in [-0.3, -0.25) is 4.79 Å². The van der Waals surface area contributed by atoms with Crippen LogP contribution in [0.25, 0.3) is 0 Å². The Kier molecular flexibility index (Phi) is 6.18. The summed E-state index contributed by atoms with van der Waals surface area (Å²) in [6, 6.07) is 3.55. The second-order valence-electron chi connectivity index (χ2n) is 6.73. The molecule has 1 N–H and O–H groups in total. The number of thioether (sulfide) groups is 1. The second-order valence-corrected chi connectivity index (χ2v) is 11.0. The lowest BCUT2D eigenvalue weighted by Crippen LogP contribution is -2.38. The highest BCUT2D eigenvalue weighted by Gasteiger charge is 2.50. The Morgan fingerprint density at radius 3 is 2.54 bits per heavy atom. The normalized spacial score (nSPS) is 24.5. The number of aliphatic carboxylic acids is 1. The third-order valence-electron chi connectivity index (χ3n) is 4.43. The summed E-state index contributed by atoms with van der Waals surface area (Å²) < 4.78 is 30.0. The number of benzene rings is 1. The van der Waals surface area contributed by atoms with E-state index in [1.807, 2.05) is 30.9 Å². The van der Waals surface area contributed by atoms with Gasteiger partial charge in [0.05, 0.1) is 17.5 Å². The number of hydrogen-bond acceptors (Lipinski definition) is 6. The Morgan fingerprint density at radius 1 is 1.29 bits per heavy atom. The first-order chi connectivity index (χ1) is 13.1. The van der Waals surface area contributed by atoms with Crippen LogP contribution in [-0.2, 0) is 24.2 Å². The molecule has 152 valence electrons. The molecule has 2 aliphatic rings. The van der Waals surface area contributed by atoms with Gasteiger partial charge < -0.3 is 14.7 Å². The molecule has 0 radical (unpaired) electrons. The third kappa shape index (κ3) is 4.58.